The molecule has 0 saturated carbocycles. The van der Waals surface area contributed by atoms with Gasteiger partial charge in [0.15, 0.2) is 6.34 Å². The SMILES string of the molecule is CC(C)(C)[Si](C)(C)[N+]1(c2cnc([Si](C)(C)C)[nH]2)C=CN=C1. The van der Waals surface area contributed by atoms with E-state index in [-0.39, 0.29) is 5.04 Å². The van der Waals surface area contributed by atoms with Gasteiger partial charge in [0.1, 0.15) is 20.5 Å². The van der Waals surface area contributed by atoms with Crippen molar-refractivity contribution >= 4 is 33.9 Å². The third-order valence-corrected chi connectivity index (χ3v) is 12.8. The highest BCUT2D eigenvalue weighted by Gasteiger charge is 2.57. The fourth-order valence-corrected chi connectivity index (χ4v) is 6.11. The molecule has 6 heteroatoms. The molecule has 1 aliphatic heterocycles. The van der Waals surface area contributed by atoms with E-state index in [2.05, 4.69) is 81.0 Å². The quantitative estimate of drug-likeness (QED) is 0.846. The topological polar surface area (TPSA) is 41.0 Å². The fourth-order valence-electron chi connectivity index (χ4n) is 2.54. The van der Waals surface area contributed by atoms with Gasteiger partial charge >= 0.3 is 8.24 Å². The average molecular weight is 322 g/mol. The van der Waals surface area contributed by atoms with E-state index in [9.17, 15) is 0 Å². The molecule has 1 unspecified atom stereocenters. The van der Waals surface area contributed by atoms with Crippen molar-refractivity contribution in [2.75, 3.05) is 0 Å². The first-order valence-electron chi connectivity index (χ1n) is 7.58. The maximum absolute atomic E-state index is 4.69. The molecule has 0 saturated heterocycles. The van der Waals surface area contributed by atoms with E-state index in [0.717, 1.165) is 9.97 Å². The molecular formula is C15H29N4Si2+. The first kappa shape index (κ1) is 16.4. The number of aromatic amines is 1. The van der Waals surface area contributed by atoms with Gasteiger partial charge in [-0.1, -0.05) is 40.4 Å². The summed E-state index contributed by atoms with van der Waals surface area (Å²) in [6, 6.07) is 0. The van der Waals surface area contributed by atoms with Crippen molar-refractivity contribution in [1.82, 2.24) is 14.1 Å². The highest BCUT2D eigenvalue weighted by molar-refractivity contribution is 6.87. The summed E-state index contributed by atoms with van der Waals surface area (Å²) in [5, 5.41) is 0.248. The number of aromatic nitrogens is 2. The summed E-state index contributed by atoms with van der Waals surface area (Å²) >= 11 is 0. The lowest BCUT2D eigenvalue weighted by Crippen LogP contribution is -2.66. The maximum atomic E-state index is 4.69. The molecule has 1 aromatic rings. The van der Waals surface area contributed by atoms with Crippen LogP contribution in [0.3, 0.4) is 0 Å². The van der Waals surface area contributed by atoms with Gasteiger partial charge in [0.2, 0.25) is 5.82 Å². The van der Waals surface area contributed by atoms with E-state index in [1.807, 2.05) is 12.4 Å². The van der Waals surface area contributed by atoms with Crippen LogP contribution in [0.15, 0.2) is 23.6 Å². The molecule has 0 spiro atoms. The highest BCUT2D eigenvalue weighted by Crippen LogP contribution is 2.45. The highest BCUT2D eigenvalue weighted by atomic mass is 28.3. The van der Waals surface area contributed by atoms with E-state index < -0.39 is 16.3 Å². The predicted octanol–water partition coefficient (Wildman–Crippen LogP) is 3.78. The Morgan fingerprint density at radius 1 is 1.10 bits per heavy atom. The lowest BCUT2D eigenvalue weighted by Gasteiger charge is -2.46. The molecule has 2 heterocycles. The number of nitrogens with one attached hydrogen (secondary N) is 1. The number of quaternary nitrogens is 1. The number of hydrogen-bond donors (Lipinski definition) is 1. The maximum Gasteiger partial charge on any atom is 0.301 e. The average Bonchev–Trinajstić information content (AvgIpc) is 2.96. The van der Waals surface area contributed by atoms with Gasteiger partial charge in [-0.2, -0.15) is 0 Å². The molecule has 1 aromatic heterocycles. The van der Waals surface area contributed by atoms with Gasteiger partial charge in [0.25, 0.3) is 0 Å². The van der Waals surface area contributed by atoms with Gasteiger partial charge in [-0.05, 0) is 13.1 Å². The van der Waals surface area contributed by atoms with Gasteiger partial charge in [0.05, 0.1) is 11.6 Å². The lowest BCUT2D eigenvalue weighted by molar-refractivity contribution is 0.638. The number of aliphatic imine (C=N–C) groups is 1. The second-order valence-electron chi connectivity index (χ2n) is 8.52. The summed E-state index contributed by atoms with van der Waals surface area (Å²) in [7, 11) is -3.19. The first-order chi connectivity index (χ1) is 9.42. The third kappa shape index (κ3) is 2.49. The minimum atomic E-state index is -1.76. The minimum Gasteiger partial charge on any atom is -0.302 e. The second-order valence-corrected chi connectivity index (χ2v) is 18.8. The van der Waals surface area contributed by atoms with Crippen LogP contribution in [0.5, 0.6) is 0 Å². The Hall–Kier alpha value is -0.986. The van der Waals surface area contributed by atoms with Crippen molar-refractivity contribution in [3.05, 3.63) is 18.6 Å². The van der Waals surface area contributed by atoms with Crippen molar-refractivity contribution in [2.24, 2.45) is 4.99 Å². The van der Waals surface area contributed by atoms with E-state index in [0.29, 0.717) is 0 Å². The monoisotopic (exact) mass is 321 g/mol. The van der Waals surface area contributed by atoms with Gasteiger partial charge in [-0.3, -0.25) is 4.15 Å². The first-order valence-corrected chi connectivity index (χ1v) is 14.0. The van der Waals surface area contributed by atoms with Crippen LogP contribution < -0.4 is 9.60 Å². The predicted molar refractivity (Wildman–Crippen MR) is 98.2 cm³/mol. The number of hydrogen-bond acceptors (Lipinski definition) is 2. The van der Waals surface area contributed by atoms with Crippen LogP contribution in [0.2, 0.25) is 37.8 Å². The molecular weight excluding hydrogens is 292 g/mol. The number of rotatable bonds is 3. The standard InChI is InChI=1S/C15H29N4Si2/c1-15(2,3)21(7,8)19(10-9-16-12-19)13-11-17-14(18-13)20(4,5)6/h9-12H,1-8H3,(H,17,18)/q+1. The molecule has 1 aliphatic rings. The van der Waals surface area contributed by atoms with E-state index in [4.69, 9.17) is 0 Å². The van der Waals surface area contributed by atoms with Crippen LogP contribution in [0.1, 0.15) is 20.8 Å². The molecule has 116 valence electrons. The molecule has 21 heavy (non-hydrogen) atoms. The largest absolute Gasteiger partial charge is 0.302 e. The Kier molecular flexibility index (Phi) is 3.71. The molecule has 0 radical (unpaired) electrons. The van der Waals surface area contributed by atoms with Crippen LogP contribution in [0, 0.1) is 0 Å². The third-order valence-electron chi connectivity index (χ3n) is 5.07. The van der Waals surface area contributed by atoms with Crippen LogP contribution in [0.25, 0.3) is 0 Å². The van der Waals surface area contributed by atoms with Crippen LogP contribution in [0.4, 0.5) is 5.82 Å². The van der Waals surface area contributed by atoms with E-state index in [1.54, 1.807) is 0 Å². The van der Waals surface area contributed by atoms with Crippen LogP contribution in [-0.4, -0.2) is 32.6 Å². The second kappa shape index (κ2) is 4.76. The van der Waals surface area contributed by atoms with Gasteiger partial charge in [-0.15, -0.1) is 0 Å². The molecule has 1 atom stereocenters. The molecule has 0 bridgehead atoms. The zero-order chi connectivity index (χ0) is 16.1. The Labute approximate surface area is 130 Å². The van der Waals surface area contributed by atoms with Crippen molar-refractivity contribution in [3.63, 3.8) is 0 Å². The van der Waals surface area contributed by atoms with Crippen molar-refractivity contribution in [3.8, 4) is 0 Å². The van der Waals surface area contributed by atoms with Gasteiger partial charge in [-0.25, -0.2) is 9.98 Å². The van der Waals surface area contributed by atoms with Crippen molar-refractivity contribution in [1.29, 1.82) is 0 Å². The molecule has 1 N–H and O–H groups in total. The van der Waals surface area contributed by atoms with Crippen molar-refractivity contribution < 1.29 is 0 Å². The van der Waals surface area contributed by atoms with Gasteiger partial charge < -0.3 is 4.98 Å². The number of imidazole rings is 1. The minimum absolute atomic E-state index is 0.248. The molecule has 0 fully saturated rings. The summed E-state index contributed by atoms with van der Waals surface area (Å²) in [6.45, 7) is 18.9. The number of H-pyrrole nitrogens is 1. The summed E-state index contributed by atoms with van der Waals surface area (Å²) in [5.41, 5.74) is 1.17. The summed E-state index contributed by atoms with van der Waals surface area (Å²) in [4.78, 5) is 12.7. The molecule has 2 rings (SSSR count). The molecule has 4 nitrogen and oxygen atoms in total. The molecule has 0 aliphatic carbocycles. The Bertz CT molecular complexity index is 574. The van der Waals surface area contributed by atoms with Crippen molar-refractivity contribution in [2.45, 2.75) is 58.5 Å². The fraction of sp³-hybridized carbons (Fsp3) is 0.600. The summed E-state index contributed by atoms with van der Waals surface area (Å²) < 4.78 is 0.730. The summed E-state index contributed by atoms with van der Waals surface area (Å²) in [5.74, 6) is 1.16. The Balaban J connectivity index is 2.58. The summed E-state index contributed by atoms with van der Waals surface area (Å²) in [6.07, 6.45) is 8.25. The lowest BCUT2D eigenvalue weighted by atomic mass is 10.2. The molecule has 0 aromatic carbocycles. The Morgan fingerprint density at radius 2 is 1.71 bits per heavy atom. The normalized spacial score (nSPS) is 23.0. The molecule has 0 amide bonds. The van der Waals surface area contributed by atoms with E-state index in [1.165, 1.54) is 5.45 Å². The zero-order valence-corrected chi connectivity index (χ0v) is 16.7. The van der Waals surface area contributed by atoms with Crippen LogP contribution >= 0.6 is 0 Å². The zero-order valence-electron chi connectivity index (χ0n) is 14.7. The van der Waals surface area contributed by atoms with Crippen LogP contribution in [-0.2, 0) is 0 Å². The van der Waals surface area contributed by atoms with Gasteiger partial charge in [0, 0.05) is 5.04 Å². The Morgan fingerprint density at radius 3 is 2.10 bits per heavy atom. The van der Waals surface area contributed by atoms with E-state index >= 15 is 0 Å². The smallest absolute Gasteiger partial charge is 0.301 e. The number of nitrogens with zero attached hydrogens (tertiary/aromatic N) is 3.